The van der Waals surface area contributed by atoms with Gasteiger partial charge in [0.2, 0.25) is 5.91 Å². The molecule has 1 saturated heterocycles. The lowest BCUT2D eigenvalue weighted by molar-refractivity contribution is -0.133. The van der Waals surface area contributed by atoms with Crippen molar-refractivity contribution in [2.24, 2.45) is 0 Å². The highest BCUT2D eigenvalue weighted by atomic mass is 35.5. The standard InChI is InChI=1S/C18H18ClNO3S/c1-13-3-2-4-14(9-13)10-18(21)20-11-17(12-20)24(22,23)16-7-5-15(19)6-8-16/h2-9,17H,10-12H2,1H3. The van der Waals surface area contributed by atoms with Crippen molar-refractivity contribution in [3.05, 3.63) is 64.7 Å². The van der Waals surface area contributed by atoms with Gasteiger partial charge in [-0.05, 0) is 36.8 Å². The molecule has 1 fully saturated rings. The first-order chi connectivity index (χ1) is 11.4. The summed E-state index contributed by atoms with van der Waals surface area (Å²) in [5.74, 6) is -0.0387. The Bertz CT molecular complexity index is 856. The first-order valence-corrected chi connectivity index (χ1v) is 9.61. The van der Waals surface area contributed by atoms with Crippen LogP contribution >= 0.6 is 11.6 Å². The monoisotopic (exact) mass is 363 g/mol. The molecule has 1 amide bonds. The number of hydrogen-bond donors (Lipinski definition) is 0. The molecule has 0 saturated carbocycles. The maximum Gasteiger partial charge on any atom is 0.227 e. The van der Waals surface area contributed by atoms with Crippen LogP contribution in [0, 0.1) is 6.92 Å². The highest BCUT2D eigenvalue weighted by molar-refractivity contribution is 7.92. The van der Waals surface area contributed by atoms with Crippen LogP contribution in [-0.4, -0.2) is 37.6 Å². The summed E-state index contributed by atoms with van der Waals surface area (Å²) in [5.41, 5.74) is 2.05. The number of benzene rings is 2. The predicted octanol–water partition coefficient (Wildman–Crippen LogP) is 2.88. The van der Waals surface area contributed by atoms with Gasteiger partial charge in [-0.2, -0.15) is 0 Å². The van der Waals surface area contributed by atoms with E-state index in [0.29, 0.717) is 11.4 Å². The van der Waals surface area contributed by atoms with Crippen molar-refractivity contribution in [1.82, 2.24) is 4.90 Å². The highest BCUT2D eigenvalue weighted by Gasteiger charge is 2.40. The molecule has 6 heteroatoms. The number of halogens is 1. The molecule has 0 bridgehead atoms. The Morgan fingerprint density at radius 3 is 2.46 bits per heavy atom. The van der Waals surface area contributed by atoms with Gasteiger partial charge in [0.25, 0.3) is 0 Å². The Labute approximate surface area is 147 Å². The molecular weight excluding hydrogens is 346 g/mol. The normalized spacial score (nSPS) is 15.2. The molecule has 126 valence electrons. The van der Waals surface area contributed by atoms with Crippen molar-refractivity contribution < 1.29 is 13.2 Å². The second-order valence-corrected chi connectivity index (χ2v) is 8.75. The number of nitrogens with zero attached hydrogens (tertiary/aromatic N) is 1. The molecule has 0 aromatic heterocycles. The molecule has 1 heterocycles. The average Bonchev–Trinajstić information content (AvgIpc) is 2.45. The van der Waals surface area contributed by atoms with Gasteiger partial charge in [-0.25, -0.2) is 8.42 Å². The van der Waals surface area contributed by atoms with Crippen molar-refractivity contribution in [2.75, 3.05) is 13.1 Å². The largest absolute Gasteiger partial charge is 0.340 e. The summed E-state index contributed by atoms with van der Waals surface area (Å²) in [5, 5.41) is -0.0438. The quantitative estimate of drug-likeness (QED) is 0.839. The fraction of sp³-hybridized carbons (Fsp3) is 0.278. The number of carbonyl (C=O) groups excluding carboxylic acids is 1. The molecule has 2 aromatic carbocycles. The van der Waals surface area contributed by atoms with Crippen LogP contribution in [0.15, 0.2) is 53.4 Å². The summed E-state index contributed by atoms with van der Waals surface area (Å²) in [4.78, 5) is 14.1. The zero-order chi connectivity index (χ0) is 17.3. The van der Waals surface area contributed by atoms with Crippen LogP contribution in [0.4, 0.5) is 0 Å². The summed E-state index contributed by atoms with van der Waals surface area (Å²) in [7, 11) is -3.42. The summed E-state index contributed by atoms with van der Waals surface area (Å²) in [6.07, 6.45) is 0.301. The minimum Gasteiger partial charge on any atom is -0.340 e. The maximum absolute atomic E-state index is 12.5. The minimum absolute atomic E-state index is 0.0387. The molecule has 24 heavy (non-hydrogen) atoms. The zero-order valence-corrected chi connectivity index (χ0v) is 14.8. The average molecular weight is 364 g/mol. The van der Waals surface area contributed by atoms with E-state index in [1.807, 2.05) is 31.2 Å². The van der Waals surface area contributed by atoms with Crippen LogP contribution in [0.5, 0.6) is 0 Å². The van der Waals surface area contributed by atoms with Gasteiger partial charge < -0.3 is 4.90 Å². The molecule has 3 rings (SSSR count). The van der Waals surface area contributed by atoms with Crippen LogP contribution in [0.25, 0.3) is 0 Å². The van der Waals surface area contributed by atoms with Crippen molar-refractivity contribution in [3.63, 3.8) is 0 Å². The van der Waals surface area contributed by atoms with Gasteiger partial charge in [0.05, 0.1) is 11.3 Å². The second kappa shape index (κ2) is 6.57. The van der Waals surface area contributed by atoms with Gasteiger partial charge in [-0.1, -0.05) is 41.4 Å². The SMILES string of the molecule is Cc1cccc(CC(=O)N2CC(S(=O)(=O)c3ccc(Cl)cc3)C2)c1. The number of rotatable bonds is 4. The Kier molecular flexibility index (Phi) is 4.65. The van der Waals surface area contributed by atoms with Gasteiger partial charge in [-0.3, -0.25) is 4.79 Å². The summed E-state index contributed by atoms with van der Waals surface area (Å²) in [6, 6.07) is 13.9. The predicted molar refractivity (Wildman–Crippen MR) is 93.9 cm³/mol. The first kappa shape index (κ1) is 17.0. The molecule has 0 unspecified atom stereocenters. The van der Waals surface area contributed by atoms with Gasteiger partial charge >= 0.3 is 0 Å². The third kappa shape index (κ3) is 3.47. The Balaban J connectivity index is 1.62. The number of likely N-dealkylation sites (tertiary alicyclic amines) is 1. The van der Waals surface area contributed by atoms with Gasteiger partial charge in [-0.15, -0.1) is 0 Å². The molecule has 1 aliphatic rings. The molecule has 0 spiro atoms. The molecule has 0 atom stereocenters. The number of aryl methyl sites for hydroxylation is 1. The third-order valence-corrected chi connectivity index (χ3v) is 6.58. The summed E-state index contributed by atoms with van der Waals surface area (Å²) in [6.45, 7) is 2.47. The summed E-state index contributed by atoms with van der Waals surface area (Å²) >= 11 is 5.79. The van der Waals surface area contributed by atoms with Gasteiger partial charge in [0.15, 0.2) is 9.84 Å². The van der Waals surface area contributed by atoms with E-state index < -0.39 is 15.1 Å². The number of hydrogen-bond acceptors (Lipinski definition) is 3. The van der Waals surface area contributed by atoms with E-state index in [1.165, 1.54) is 12.1 Å². The molecule has 1 aliphatic heterocycles. The molecule has 4 nitrogen and oxygen atoms in total. The van der Waals surface area contributed by atoms with E-state index in [4.69, 9.17) is 11.6 Å². The van der Waals surface area contributed by atoms with Gasteiger partial charge in [0.1, 0.15) is 5.25 Å². The van der Waals surface area contributed by atoms with E-state index in [2.05, 4.69) is 0 Å². The Hall–Kier alpha value is -1.85. The number of sulfone groups is 1. The first-order valence-electron chi connectivity index (χ1n) is 7.69. The van der Waals surface area contributed by atoms with Gasteiger partial charge in [0, 0.05) is 18.1 Å². The van der Waals surface area contributed by atoms with Crippen LogP contribution in [-0.2, 0) is 21.1 Å². The van der Waals surface area contributed by atoms with E-state index in [1.54, 1.807) is 17.0 Å². The lowest BCUT2D eigenvalue weighted by Gasteiger charge is -2.38. The van der Waals surface area contributed by atoms with Crippen molar-refractivity contribution in [3.8, 4) is 0 Å². The molecule has 0 aliphatic carbocycles. The van der Waals surface area contributed by atoms with Crippen molar-refractivity contribution in [2.45, 2.75) is 23.5 Å². The zero-order valence-electron chi connectivity index (χ0n) is 13.3. The Morgan fingerprint density at radius 1 is 1.17 bits per heavy atom. The maximum atomic E-state index is 12.5. The van der Waals surface area contributed by atoms with Crippen LogP contribution in [0.1, 0.15) is 11.1 Å². The van der Waals surface area contributed by atoms with Crippen LogP contribution in [0.2, 0.25) is 5.02 Å². The van der Waals surface area contributed by atoms with E-state index >= 15 is 0 Å². The molecule has 0 radical (unpaired) electrons. The second-order valence-electron chi connectivity index (χ2n) is 6.09. The van der Waals surface area contributed by atoms with Crippen LogP contribution in [0.3, 0.4) is 0 Å². The minimum atomic E-state index is -3.42. The molecular formula is C18H18ClNO3S. The lowest BCUT2D eigenvalue weighted by Crippen LogP contribution is -2.57. The fourth-order valence-corrected chi connectivity index (χ4v) is 4.54. The lowest BCUT2D eigenvalue weighted by atomic mass is 10.1. The van der Waals surface area contributed by atoms with Crippen molar-refractivity contribution in [1.29, 1.82) is 0 Å². The fourth-order valence-electron chi connectivity index (χ4n) is 2.76. The van der Waals surface area contributed by atoms with E-state index in [9.17, 15) is 13.2 Å². The Morgan fingerprint density at radius 2 is 1.83 bits per heavy atom. The smallest absolute Gasteiger partial charge is 0.227 e. The highest BCUT2D eigenvalue weighted by Crippen LogP contribution is 2.25. The van der Waals surface area contributed by atoms with Crippen LogP contribution < -0.4 is 0 Å². The van der Waals surface area contributed by atoms with E-state index in [-0.39, 0.29) is 23.9 Å². The topological polar surface area (TPSA) is 54.5 Å². The number of carbonyl (C=O) groups is 1. The molecule has 2 aromatic rings. The van der Waals surface area contributed by atoms with E-state index in [0.717, 1.165) is 11.1 Å². The number of amides is 1. The third-order valence-electron chi connectivity index (χ3n) is 4.22. The summed E-state index contributed by atoms with van der Waals surface area (Å²) < 4.78 is 25.0. The van der Waals surface area contributed by atoms with Crippen molar-refractivity contribution >= 4 is 27.3 Å². The molecule has 0 N–H and O–H groups in total.